The number of nitrogens with zero attached hydrogens (tertiary/aromatic N) is 7. The maximum absolute atomic E-state index is 15.7. The monoisotopic (exact) mass is 1400 g/mol. The molecule has 6 N–H and O–H groups in total. The van der Waals surface area contributed by atoms with Gasteiger partial charge in [-0.3, -0.25) is 57.5 Å². The summed E-state index contributed by atoms with van der Waals surface area (Å²) in [6, 6.07) is 13.1. The van der Waals surface area contributed by atoms with Gasteiger partial charge >= 0.3 is 0 Å². The average Bonchev–Trinajstić information content (AvgIpc) is 0.813. The molecule has 2 fully saturated rings. The Morgan fingerprint density at radius 3 is 1.23 bits per heavy atom. The molecular formula is C76H114N12O13. The van der Waals surface area contributed by atoms with Gasteiger partial charge in [-0.1, -0.05) is 160 Å². The van der Waals surface area contributed by atoms with Gasteiger partial charge in [0, 0.05) is 74.6 Å². The summed E-state index contributed by atoms with van der Waals surface area (Å²) in [5.41, 5.74) is 1.93. The fourth-order valence-electron chi connectivity index (χ4n) is 12.9. The van der Waals surface area contributed by atoms with E-state index in [0.717, 1.165) is 11.3 Å². The van der Waals surface area contributed by atoms with Gasteiger partial charge in [-0.05, 0) is 91.7 Å². The Balaban J connectivity index is 1.71. The zero-order chi connectivity index (χ0) is 75.3. The number of aliphatic hydroxyl groups is 1. The molecule has 3 aromatic carbocycles. The Morgan fingerprint density at radius 1 is 0.416 bits per heavy atom. The van der Waals surface area contributed by atoms with Gasteiger partial charge in [-0.25, -0.2) is 0 Å². The fraction of sp³-hybridized carbons (Fsp3) is 0.605. The zero-order valence-corrected chi connectivity index (χ0v) is 62.6. The minimum Gasteiger partial charge on any atom is -0.391 e. The molecule has 0 bridgehead atoms. The summed E-state index contributed by atoms with van der Waals surface area (Å²) in [5, 5.41) is 25.4. The van der Waals surface area contributed by atoms with E-state index in [9.17, 15) is 33.9 Å². The van der Waals surface area contributed by atoms with Crippen molar-refractivity contribution in [3.63, 3.8) is 0 Å². The molecule has 2 heterocycles. The van der Waals surface area contributed by atoms with E-state index in [4.69, 9.17) is 0 Å². The Hall–Kier alpha value is -8.74. The van der Waals surface area contributed by atoms with Crippen LogP contribution < -0.4 is 26.6 Å². The molecule has 0 radical (unpaired) electrons. The number of benzene rings is 3. The van der Waals surface area contributed by atoms with Crippen LogP contribution in [0.1, 0.15) is 138 Å². The van der Waals surface area contributed by atoms with Gasteiger partial charge in [-0.15, -0.1) is 0 Å². The van der Waals surface area contributed by atoms with Crippen molar-refractivity contribution in [3.8, 4) is 0 Å². The van der Waals surface area contributed by atoms with Gasteiger partial charge in [0.25, 0.3) is 0 Å². The third-order valence-corrected chi connectivity index (χ3v) is 19.1. The largest absolute Gasteiger partial charge is 0.391 e. The molecule has 2 aliphatic heterocycles. The number of nitrogens with one attached hydrogen (secondary N) is 5. The first-order valence-corrected chi connectivity index (χ1v) is 35.7. The number of carbonyl (C=O) groups is 12. The molecule has 2 unspecified atom stereocenters. The SMILES string of the molecule is CC(C)CC1C(=O)N[C@@H]([C@@H](C)O)C(=O)N(C)CC(=O)N(C)[C@@H](CC(C)C)C(=O)NC(C(C)C)C(=O)N(C)[C@@H](Cc2ccccc2)C(=O)N(C)[C@@H](Cc2ccccc2)C(=O)N[C@H](C(=O)N2CCCCC2)CC(=O)N[C@H](C(C)C)C(=O)N(C)[C@@H](Cc2ccccc2)C(=O)N[C@@H](CC(C)C)C(=O)N1C. The highest BCUT2D eigenvalue weighted by molar-refractivity contribution is 6.00. The number of rotatable bonds is 16. The summed E-state index contributed by atoms with van der Waals surface area (Å²) in [5.74, 6) is -10.6. The van der Waals surface area contributed by atoms with E-state index < -0.39 is 162 Å². The number of likely N-dealkylation sites (N-methyl/N-ethyl adjacent to an activating group) is 6. The molecule has 101 heavy (non-hydrogen) atoms. The van der Waals surface area contributed by atoms with E-state index in [1.807, 2.05) is 41.5 Å². The lowest BCUT2D eigenvalue weighted by Crippen LogP contribution is -2.62. The minimum absolute atomic E-state index is 0.0545. The van der Waals surface area contributed by atoms with Gasteiger partial charge in [0.2, 0.25) is 70.9 Å². The predicted molar refractivity (Wildman–Crippen MR) is 385 cm³/mol. The topological polar surface area (TPSA) is 308 Å². The van der Waals surface area contributed by atoms with E-state index in [2.05, 4.69) is 26.6 Å². The van der Waals surface area contributed by atoms with Gasteiger partial charge in [0.1, 0.15) is 60.4 Å². The summed E-state index contributed by atoms with van der Waals surface area (Å²) < 4.78 is 0. The lowest BCUT2D eigenvalue weighted by molar-refractivity contribution is -0.150. The predicted octanol–water partition coefficient (Wildman–Crippen LogP) is 3.98. The van der Waals surface area contributed by atoms with Crippen molar-refractivity contribution in [1.82, 2.24) is 60.9 Å². The summed E-state index contributed by atoms with van der Waals surface area (Å²) in [4.78, 5) is 189. The smallest absolute Gasteiger partial charge is 0.248 e. The molecule has 0 aromatic heterocycles. The quantitative estimate of drug-likeness (QED) is 0.118. The van der Waals surface area contributed by atoms with Crippen LogP contribution >= 0.6 is 0 Å². The lowest BCUT2D eigenvalue weighted by atomic mass is 9.96. The number of hydrogen-bond acceptors (Lipinski definition) is 13. The second-order valence-electron chi connectivity index (χ2n) is 29.5. The van der Waals surface area contributed by atoms with E-state index in [1.165, 1.54) is 73.7 Å². The molecule has 3 aromatic rings. The number of carbonyl (C=O) groups excluding carboxylic acids is 12. The highest BCUT2D eigenvalue weighted by Gasteiger charge is 2.44. The van der Waals surface area contributed by atoms with E-state index in [-0.39, 0.29) is 56.3 Å². The second-order valence-corrected chi connectivity index (χ2v) is 29.5. The first kappa shape index (κ1) is 82.9. The van der Waals surface area contributed by atoms with E-state index >= 15 is 28.8 Å². The lowest BCUT2D eigenvalue weighted by Gasteiger charge is -2.38. The maximum Gasteiger partial charge on any atom is 0.248 e. The van der Waals surface area contributed by atoms with Crippen LogP contribution in [0.2, 0.25) is 0 Å². The molecule has 2 saturated heterocycles. The van der Waals surface area contributed by atoms with E-state index in [1.54, 1.807) is 124 Å². The Kier molecular flexibility index (Phi) is 31.9. The van der Waals surface area contributed by atoms with Crippen LogP contribution in [0.3, 0.4) is 0 Å². The van der Waals surface area contributed by atoms with Crippen LogP contribution in [-0.2, 0) is 76.8 Å². The molecule has 25 heteroatoms. The van der Waals surface area contributed by atoms with Gasteiger partial charge in [0.15, 0.2) is 0 Å². The van der Waals surface area contributed by atoms with Crippen molar-refractivity contribution >= 4 is 70.9 Å². The zero-order valence-electron chi connectivity index (χ0n) is 62.6. The van der Waals surface area contributed by atoms with Crippen molar-refractivity contribution < 1.29 is 62.6 Å². The second kappa shape index (κ2) is 38.9. The number of aliphatic hydroxyl groups excluding tert-OH is 1. The molecule has 5 rings (SSSR count). The summed E-state index contributed by atoms with van der Waals surface area (Å²) in [6.45, 7) is 19.2. The molecule has 0 aliphatic carbocycles. The van der Waals surface area contributed by atoms with Crippen molar-refractivity contribution in [2.45, 2.75) is 207 Å². The van der Waals surface area contributed by atoms with Crippen LogP contribution in [0.15, 0.2) is 91.0 Å². The maximum atomic E-state index is 15.7. The van der Waals surface area contributed by atoms with Crippen LogP contribution in [-0.4, -0.2) is 239 Å². The van der Waals surface area contributed by atoms with Gasteiger partial charge < -0.3 is 66.0 Å². The van der Waals surface area contributed by atoms with Crippen LogP contribution in [0.5, 0.6) is 0 Å². The molecular weight excluding hydrogens is 1290 g/mol. The first-order valence-electron chi connectivity index (χ1n) is 35.7. The molecule has 11 atom stereocenters. The number of likely N-dealkylation sites (tertiary alicyclic amines) is 1. The standard InChI is InChI=1S/C76H114N12O13/c1-46(2)38-55-71(96)84(14)58(40-48(5)6)70(95)81-66(51(11)89)74(99)82(12)45-63(91)83(13)57(39-47(3)4)69(94)80-65(50(9)10)76(101)87(17)61(43-54-34-26-20-27-35-54)73(98)85(15)59(41-52-30-22-18-23-31-52)67(92)78-56(72(97)88-36-28-21-29-37-88)44-62(90)79-64(49(7)8)75(100)86(16)60(68(93)77-55)42-53-32-24-19-25-33-53/h18-20,22-27,30-35,46-51,55-61,64-66,89H,21,28-29,36-45H2,1-17H3,(H,77,93)(H,78,92)(H,79,90)(H,80,94)(H,81,95)/t51-,55+,56+,57+,58?,59+,60+,61+,64-,65?,66+/m1/s1. The van der Waals surface area contributed by atoms with E-state index in [0.29, 0.717) is 42.6 Å². The molecule has 2 aliphatic rings. The fourth-order valence-corrected chi connectivity index (χ4v) is 12.9. The van der Waals surface area contributed by atoms with Crippen molar-refractivity contribution in [3.05, 3.63) is 108 Å². The minimum atomic E-state index is -1.65. The van der Waals surface area contributed by atoms with Gasteiger partial charge in [-0.2, -0.15) is 0 Å². The van der Waals surface area contributed by atoms with Gasteiger partial charge in [0.05, 0.1) is 19.1 Å². The molecule has 0 saturated carbocycles. The van der Waals surface area contributed by atoms with Crippen molar-refractivity contribution in [2.24, 2.45) is 29.6 Å². The number of piperidine rings is 1. The Bertz CT molecular complexity index is 3290. The van der Waals surface area contributed by atoms with Crippen LogP contribution in [0.4, 0.5) is 0 Å². The summed E-state index contributed by atoms with van der Waals surface area (Å²) >= 11 is 0. The molecule has 12 amide bonds. The third-order valence-electron chi connectivity index (χ3n) is 19.1. The summed E-state index contributed by atoms with van der Waals surface area (Å²) in [6.07, 6.45) is 0.0107. The summed E-state index contributed by atoms with van der Waals surface area (Å²) in [7, 11) is 8.38. The molecule has 0 spiro atoms. The first-order chi connectivity index (χ1) is 47.5. The Morgan fingerprint density at radius 2 is 0.792 bits per heavy atom. The number of amides is 12. The van der Waals surface area contributed by atoms with Crippen LogP contribution in [0.25, 0.3) is 0 Å². The number of hydrogen-bond donors (Lipinski definition) is 6. The van der Waals surface area contributed by atoms with Crippen molar-refractivity contribution in [1.29, 1.82) is 0 Å². The highest BCUT2D eigenvalue weighted by Crippen LogP contribution is 2.23. The van der Waals surface area contributed by atoms with Crippen molar-refractivity contribution in [2.75, 3.05) is 61.9 Å². The van der Waals surface area contributed by atoms with Crippen LogP contribution in [0, 0.1) is 29.6 Å². The molecule has 25 nitrogen and oxygen atoms in total. The average molecular weight is 1400 g/mol. The Labute approximate surface area is 598 Å². The highest BCUT2D eigenvalue weighted by atomic mass is 16.3. The third kappa shape index (κ3) is 23.7. The normalized spacial score (nSPS) is 24.8. The molecule has 556 valence electrons.